The molecule has 0 spiro atoms. The summed E-state index contributed by atoms with van der Waals surface area (Å²) in [5.74, 6) is 0.916. The molecule has 0 saturated carbocycles. The van der Waals surface area contributed by atoms with Crippen molar-refractivity contribution in [2.24, 2.45) is 10.9 Å². The maximum atomic E-state index is 11.9. The monoisotopic (exact) mass is 242 g/mol. The third-order valence-corrected chi connectivity index (χ3v) is 3.56. The Kier molecular flexibility index (Phi) is 4.13. The Balaban J connectivity index is 1.81. The highest BCUT2D eigenvalue weighted by atomic mass is 31.0. The highest BCUT2D eigenvalue weighted by Crippen LogP contribution is 2.19. The zero-order valence-electron chi connectivity index (χ0n) is 9.41. The number of aliphatic imine (C=N–C) groups is 1. The Bertz CT molecular complexity index is 287. The summed E-state index contributed by atoms with van der Waals surface area (Å²) in [7, 11) is 2.69. The molecule has 2 rings (SSSR count). The summed E-state index contributed by atoms with van der Waals surface area (Å²) in [5, 5.41) is 5.98. The second-order valence-corrected chi connectivity index (χ2v) is 5.04. The molecule has 5 nitrogen and oxygen atoms in total. The summed E-state index contributed by atoms with van der Waals surface area (Å²) < 4.78 is 2.18. The van der Waals surface area contributed by atoms with Crippen molar-refractivity contribution < 1.29 is 4.79 Å². The summed E-state index contributed by atoms with van der Waals surface area (Å²) in [6, 6.07) is 0. The highest BCUT2D eigenvalue weighted by Gasteiger charge is 2.24. The van der Waals surface area contributed by atoms with Gasteiger partial charge < -0.3 is 5.32 Å². The van der Waals surface area contributed by atoms with Crippen LogP contribution in [-0.4, -0.2) is 42.7 Å². The lowest BCUT2D eigenvalue weighted by atomic mass is 9.97. The van der Waals surface area contributed by atoms with Crippen molar-refractivity contribution in [2.75, 3.05) is 26.2 Å². The Labute approximate surface area is 98.3 Å². The van der Waals surface area contributed by atoms with Crippen LogP contribution in [0.2, 0.25) is 0 Å². The van der Waals surface area contributed by atoms with Crippen molar-refractivity contribution in [1.29, 1.82) is 0 Å². The molecule has 1 saturated heterocycles. The molecule has 1 amide bonds. The van der Waals surface area contributed by atoms with Crippen LogP contribution in [0, 0.1) is 5.92 Å². The van der Waals surface area contributed by atoms with Gasteiger partial charge in [0.25, 0.3) is 0 Å². The molecular weight excluding hydrogens is 223 g/mol. The topological polar surface area (TPSA) is 56.7 Å². The molecule has 2 N–H and O–H groups in total. The molecular formula is C10H19N4OP. The van der Waals surface area contributed by atoms with E-state index >= 15 is 0 Å². The third-order valence-electron chi connectivity index (χ3n) is 3.04. The van der Waals surface area contributed by atoms with Crippen molar-refractivity contribution in [2.45, 2.75) is 19.3 Å². The number of amides is 1. The number of nitrogens with zero attached hydrogens (tertiary/aromatic N) is 2. The minimum atomic E-state index is 0.117. The van der Waals surface area contributed by atoms with Gasteiger partial charge in [-0.2, -0.15) is 0 Å². The van der Waals surface area contributed by atoms with Crippen molar-refractivity contribution >= 4 is 21.3 Å². The molecule has 1 unspecified atom stereocenters. The van der Waals surface area contributed by atoms with Gasteiger partial charge in [0.15, 0.2) is 5.96 Å². The fraction of sp³-hybridized carbons (Fsp3) is 0.800. The van der Waals surface area contributed by atoms with E-state index in [0.717, 1.165) is 45.4 Å². The van der Waals surface area contributed by atoms with Crippen LogP contribution >= 0.6 is 9.39 Å². The minimum absolute atomic E-state index is 0.117. The van der Waals surface area contributed by atoms with Gasteiger partial charge in [0.2, 0.25) is 5.91 Å². The molecule has 2 heterocycles. The summed E-state index contributed by atoms with van der Waals surface area (Å²) in [6.45, 7) is 3.67. The maximum Gasteiger partial charge on any atom is 0.229 e. The van der Waals surface area contributed by atoms with Gasteiger partial charge in [-0.1, -0.05) is 9.39 Å². The standard InChI is InChI=1S/C10H19N4OP/c15-9(8-2-6-14(16)7-3-8)13-10-11-4-1-5-12-10/h8H,1-7,16H2,(H2,11,12,13,15). The van der Waals surface area contributed by atoms with Crippen molar-refractivity contribution in [3.8, 4) is 0 Å². The van der Waals surface area contributed by atoms with Crippen molar-refractivity contribution in [1.82, 2.24) is 15.3 Å². The lowest BCUT2D eigenvalue weighted by Gasteiger charge is -2.28. The number of piperidine rings is 1. The Morgan fingerprint density at radius 3 is 2.88 bits per heavy atom. The van der Waals surface area contributed by atoms with E-state index in [-0.39, 0.29) is 11.8 Å². The molecule has 2 aliphatic rings. The highest BCUT2D eigenvalue weighted by molar-refractivity contribution is 7.13. The molecule has 1 fully saturated rings. The summed E-state index contributed by atoms with van der Waals surface area (Å²) in [5.41, 5.74) is 0. The zero-order valence-corrected chi connectivity index (χ0v) is 10.6. The van der Waals surface area contributed by atoms with E-state index < -0.39 is 0 Å². The first-order valence-corrected chi connectivity index (χ1v) is 6.36. The number of nitrogens with one attached hydrogen (secondary N) is 2. The van der Waals surface area contributed by atoms with Gasteiger partial charge in [0, 0.05) is 32.1 Å². The fourth-order valence-corrected chi connectivity index (χ4v) is 2.29. The van der Waals surface area contributed by atoms with E-state index in [1.54, 1.807) is 0 Å². The van der Waals surface area contributed by atoms with Gasteiger partial charge in [-0.05, 0) is 19.3 Å². The molecule has 1 atom stereocenters. The van der Waals surface area contributed by atoms with Crippen LogP contribution in [-0.2, 0) is 4.79 Å². The molecule has 0 aromatic heterocycles. The molecule has 0 aromatic carbocycles. The number of guanidine groups is 1. The molecule has 0 bridgehead atoms. The average molecular weight is 242 g/mol. The van der Waals surface area contributed by atoms with Crippen LogP contribution in [0.3, 0.4) is 0 Å². The number of carbonyl (C=O) groups is 1. The largest absolute Gasteiger partial charge is 0.356 e. The van der Waals surface area contributed by atoms with Crippen LogP contribution in [0.5, 0.6) is 0 Å². The van der Waals surface area contributed by atoms with Crippen molar-refractivity contribution in [3.63, 3.8) is 0 Å². The molecule has 16 heavy (non-hydrogen) atoms. The Morgan fingerprint density at radius 2 is 2.25 bits per heavy atom. The van der Waals surface area contributed by atoms with Gasteiger partial charge in [-0.15, -0.1) is 0 Å². The van der Waals surface area contributed by atoms with E-state index in [1.807, 2.05) is 0 Å². The molecule has 2 aliphatic heterocycles. The molecule has 0 aliphatic carbocycles. The smallest absolute Gasteiger partial charge is 0.229 e. The van der Waals surface area contributed by atoms with E-state index in [2.05, 4.69) is 29.7 Å². The van der Waals surface area contributed by atoms with Crippen LogP contribution in [0.25, 0.3) is 0 Å². The van der Waals surface area contributed by atoms with Gasteiger partial charge in [0.1, 0.15) is 0 Å². The van der Waals surface area contributed by atoms with Crippen LogP contribution in [0.15, 0.2) is 4.99 Å². The van der Waals surface area contributed by atoms with Gasteiger partial charge in [0.05, 0.1) is 0 Å². The molecule has 90 valence electrons. The molecule has 0 aromatic rings. The minimum Gasteiger partial charge on any atom is -0.356 e. The predicted octanol–water partition coefficient (Wildman–Crippen LogP) is -0.0460. The normalized spacial score (nSPS) is 23.4. The van der Waals surface area contributed by atoms with E-state index in [0.29, 0.717) is 5.96 Å². The Morgan fingerprint density at radius 1 is 1.50 bits per heavy atom. The fourth-order valence-electron chi connectivity index (χ4n) is 2.00. The van der Waals surface area contributed by atoms with Crippen molar-refractivity contribution in [3.05, 3.63) is 0 Å². The van der Waals surface area contributed by atoms with Gasteiger partial charge in [-0.25, -0.2) is 0 Å². The van der Waals surface area contributed by atoms with Gasteiger partial charge >= 0.3 is 0 Å². The lowest BCUT2D eigenvalue weighted by molar-refractivity contribution is -0.124. The summed E-state index contributed by atoms with van der Waals surface area (Å²) in [6.07, 6.45) is 2.91. The zero-order chi connectivity index (χ0) is 11.4. The molecule has 6 heteroatoms. The summed E-state index contributed by atoms with van der Waals surface area (Å²) in [4.78, 5) is 16.2. The number of carbonyl (C=O) groups excluding carboxylic acids is 1. The SMILES string of the molecule is O=C(NC1=NCCCN1)C1CCN(P)CC1. The number of rotatable bonds is 1. The Hall–Kier alpha value is -0.670. The second-order valence-electron chi connectivity index (χ2n) is 4.31. The average Bonchev–Trinajstić information content (AvgIpc) is 2.31. The van der Waals surface area contributed by atoms with Crippen LogP contribution < -0.4 is 10.6 Å². The second kappa shape index (κ2) is 5.60. The quantitative estimate of drug-likeness (QED) is 0.634. The summed E-state index contributed by atoms with van der Waals surface area (Å²) >= 11 is 0. The predicted molar refractivity (Wildman–Crippen MR) is 67.1 cm³/mol. The van der Waals surface area contributed by atoms with Crippen LogP contribution in [0.4, 0.5) is 0 Å². The van der Waals surface area contributed by atoms with E-state index in [4.69, 9.17) is 0 Å². The van der Waals surface area contributed by atoms with E-state index in [9.17, 15) is 4.79 Å². The number of hydrogen-bond donors (Lipinski definition) is 2. The number of hydrogen-bond acceptors (Lipinski definition) is 4. The first-order chi connectivity index (χ1) is 7.75. The molecule has 0 radical (unpaired) electrons. The first kappa shape index (κ1) is 11.8. The van der Waals surface area contributed by atoms with Crippen LogP contribution in [0.1, 0.15) is 19.3 Å². The third kappa shape index (κ3) is 3.16. The first-order valence-electron chi connectivity index (χ1n) is 5.84. The van der Waals surface area contributed by atoms with E-state index in [1.165, 1.54) is 0 Å². The lowest BCUT2D eigenvalue weighted by Crippen LogP contribution is -2.47. The van der Waals surface area contributed by atoms with Gasteiger partial charge in [-0.3, -0.25) is 19.8 Å². The maximum absolute atomic E-state index is 11.9.